The van der Waals surface area contributed by atoms with E-state index in [9.17, 15) is 8.78 Å². The van der Waals surface area contributed by atoms with Gasteiger partial charge in [-0.2, -0.15) is 0 Å². The maximum Gasteiger partial charge on any atom is 0.168 e. The van der Waals surface area contributed by atoms with Gasteiger partial charge in [-0.3, -0.25) is 0 Å². The lowest BCUT2D eigenvalue weighted by atomic mass is 10.1. The Kier molecular flexibility index (Phi) is 3.89. The van der Waals surface area contributed by atoms with Gasteiger partial charge in [-0.25, -0.2) is 13.8 Å². The van der Waals surface area contributed by atoms with Crippen LogP contribution < -0.4 is 5.32 Å². The van der Waals surface area contributed by atoms with Crippen molar-refractivity contribution in [3.63, 3.8) is 0 Å². The van der Waals surface area contributed by atoms with Gasteiger partial charge in [0.1, 0.15) is 5.82 Å². The van der Waals surface area contributed by atoms with Crippen LogP contribution in [0.25, 0.3) is 0 Å². The van der Waals surface area contributed by atoms with Crippen molar-refractivity contribution in [2.45, 2.75) is 25.8 Å². The lowest BCUT2D eigenvalue weighted by Crippen LogP contribution is -2.39. The van der Waals surface area contributed by atoms with Crippen LogP contribution in [0.15, 0.2) is 12.3 Å². The summed E-state index contributed by atoms with van der Waals surface area (Å²) >= 11 is 0. The van der Waals surface area contributed by atoms with Gasteiger partial charge in [-0.15, -0.1) is 0 Å². The van der Waals surface area contributed by atoms with E-state index in [1.54, 1.807) is 0 Å². The molecule has 1 aliphatic heterocycles. The highest BCUT2D eigenvalue weighted by molar-refractivity contribution is 5.37. The van der Waals surface area contributed by atoms with Gasteiger partial charge in [0.05, 0.1) is 6.20 Å². The SMILES string of the molecule is CCN1CCC(Nc2ncc(F)cc2F)CC1. The first kappa shape index (κ1) is 12.2. The third-order valence-electron chi connectivity index (χ3n) is 3.18. The number of anilines is 1. The summed E-state index contributed by atoms with van der Waals surface area (Å²) in [5.74, 6) is -1.11. The van der Waals surface area contributed by atoms with Gasteiger partial charge in [-0.1, -0.05) is 6.92 Å². The van der Waals surface area contributed by atoms with E-state index in [4.69, 9.17) is 0 Å². The standard InChI is InChI=1S/C12H17F2N3/c1-2-17-5-3-10(4-6-17)16-12-11(14)7-9(13)8-15-12/h7-8,10H,2-6H2,1H3,(H,15,16). The molecule has 1 aromatic rings. The molecule has 5 heteroatoms. The van der Waals surface area contributed by atoms with Crippen LogP contribution in [0.4, 0.5) is 14.6 Å². The van der Waals surface area contributed by atoms with Crippen LogP contribution in [0.2, 0.25) is 0 Å². The minimum absolute atomic E-state index is 0.154. The normalized spacial score (nSPS) is 18.3. The fraction of sp³-hybridized carbons (Fsp3) is 0.583. The molecule has 17 heavy (non-hydrogen) atoms. The highest BCUT2D eigenvalue weighted by Crippen LogP contribution is 2.17. The molecular weight excluding hydrogens is 224 g/mol. The molecule has 1 aromatic heterocycles. The lowest BCUT2D eigenvalue weighted by molar-refractivity contribution is 0.229. The quantitative estimate of drug-likeness (QED) is 0.879. The first-order valence-electron chi connectivity index (χ1n) is 5.99. The summed E-state index contributed by atoms with van der Waals surface area (Å²) in [6.07, 6.45) is 2.96. The van der Waals surface area contributed by atoms with E-state index in [0.29, 0.717) is 0 Å². The van der Waals surface area contributed by atoms with E-state index in [1.165, 1.54) is 0 Å². The second kappa shape index (κ2) is 5.40. The number of pyridine rings is 1. The molecule has 0 saturated carbocycles. The van der Waals surface area contributed by atoms with Crippen LogP contribution in [0, 0.1) is 11.6 Å². The van der Waals surface area contributed by atoms with Crippen LogP contribution in [-0.4, -0.2) is 35.6 Å². The van der Waals surface area contributed by atoms with Gasteiger partial charge in [0.25, 0.3) is 0 Å². The van der Waals surface area contributed by atoms with E-state index in [2.05, 4.69) is 22.1 Å². The van der Waals surface area contributed by atoms with Crippen molar-refractivity contribution in [2.75, 3.05) is 25.0 Å². The topological polar surface area (TPSA) is 28.2 Å². The molecule has 3 nitrogen and oxygen atoms in total. The Hall–Kier alpha value is -1.23. The zero-order valence-corrected chi connectivity index (χ0v) is 9.92. The molecule has 2 heterocycles. The monoisotopic (exact) mass is 241 g/mol. The van der Waals surface area contributed by atoms with E-state index in [-0.39, 0.29) is 11.9 Å². The van der Waals surface area contributed by atoms with Crippen molar-refractivity contribution in [3.05, 3.63) is 23.9 Å². The second-order valence-corrected chi connectivity index (χ2v) is 4.34. The molecule has 1 N–H and O–H groups in total. The summed E-state index contributed by atoms with van der Waals surface area (Å²) in [6, 6.07) is 1.08. The summed E-state index contributed by atoms with van der Waals surface area (Å²) < 4.78 is 26.1. The van der Waals surface area contributed by atoms with Crippen molar-refractivity contribution >= 4 is 5.82 Å². The maximum absolute atomic E-state index is 13.4. The Morgan fingerprint density at radius 1 is 1.41 bits per heavy atom. The smallest absolute Gasteiger partial charge is 0.168 e. The molecule has 94 valence electrons. The predicted molar refractivity (Wildman–Crippen MR) is 62.9 cm³/mol. The largest absolute Gasteiger partial charge is 0.365 e. The summed E-state index contributed by atoms with van der Waals surface area (Å²) in [7, 11) is 0. The highest BCUT2D eigenvalue weighted by atomic mass is 19.1. The number of aromatic nitrogens is 1. The fourth-order valence-electron chi connectivity index (χ4n) is 2.11. The Bertz CT molecular complexity index is 376. The second-order valence-electron chi connectivity index (χ2n) is 4.34. The average Bonchev–Trinajstić information content (AvgIpc) is 2.34. The Balaban J connectivity index is 1.93. The maximum atomic E-state index is 13.4. The Morgan fingerprint density at radius 2 is 2.12 bits per heavy atom. The average molecular weight is 241 g/mol. The molecule has 0 bridgehead atoms. The zero-order valence-electron chi connectivity index (χ0n) is 9.92. The van der Waals surface area contributed by atoms with Crippen LogP contribution in [0.5, 0.6) is 0 Å². The van der Waals surface area contributed by atoms with Gasteiger partial charge in [0.2, 0.25) is 0 Å². The van der Waals surface area contributed by atoms with Gasteiger partial charge in [-0.05, 0) is 19.4 Å². The molecule has 0 spiro atoms. The number of hydrogen-bond acceptors (Lipinski definition) is 3. The minimum Gasteiger partial charge on any atom is -0.365 e. The van der Waals surface area contributed by atoms with Crippen LogP contribution >= 0.6 is 0 Å². The summed E-state index contributed by atoms with van der Waals surface area (Å²) in [6.45, 7) is 5.21. The van der Waals surface area contributed by atoms with Gasteiger partial charge < -0.3 is 10.2 Å². The van der Waals surface area contributed by atoms with Crippen molar-refractivity contribution in [1.82, 2.24) is 9.88 Å². The molecular formula is C12H17F2N3. The number of piperidine rings is 1. The first-order valence-corrected chi connectivity index (χ1v) is 5.99. The van der Waals surface area contributed by atoms with Crippen LogP contribution in [0.3, 0.4) is 0 Å². The van der Waals surface area contributed by atoms with Crippen molar-refractivity contribution in [1.29, 1.82) is 0 Å². The van der Waals surface area contributed by atoms with E-state index in [1.807, 2.05) is 0 Å². The summed E-state index contributed by atoms with van der Waals surface area (Å²) in [4.78, 5) is 6.09. The molecule has 2 rings (SSSR count). The van der Waals surface area contributed by atoms with E-state index < -0.39 is 11.6 Å². The van der Waals surface area contributed by atoms with Crippen LogP contribution in [0.1, 0.15) is 19.8 Å². The Labute approximate surface area is 99.8 Å². The van der Waals surface area contributed by atoms with Gasteiger partial charge >= 0.3 is 0 Å². The lowest BCUT2D eigenvalue weighted by Gasteiger charge is -2.31. The number of rotatable bonds is 3. The van der Waals surface area contributed by atoms with Gasteiger partial charge in [0, 0.05) is 25.2 Å². The third kappa shape index (κ3) is 3.12. The zero-order chi connectivity index (χ0) is 12.3. The van der Waals surface area contributed by atoms with Crippen molar-refractivity contribution in [3.8, 4) is 0 Å². The molecule has 1 saturated heterocycles. The Morgan fingerprint density at radius 3 is 2.71 bits per heavy atom. The molecule has 0 unspecified atom stereocenters. The molecule has 0 aliphatic carbocycles. The molecule has 1 fully saturated rings. The first-order chi connectivity index (χ1) is 8.19. The molecule has 0 radical (unpaired) electrons. The number of halogens is 2. The van der Waals surface area contributed by atoms with E-state index >= 15 is 0 Å². The summed E-state index contributed by atoms with van der Waals surface area (Å²) in [5, 5.41) is 3.04. The van der Waals surface area contributed by atoms with Gasteiger partial charge in [0.15, 0.2) is 11.6 Å². The van der Waals surface area contributed by atoms with Crippen molar-refractivity contribution < 1.29 is 8.78 Å². The molecule has 0 atom stereocenters. The highest BCUT2D eigenvalue weighted by Gasteiger charge is 2.19. The van der Waals surface area contributed by atoms with Crippen LogP contribution in [-0.2, 0) is 0 Å². The molecule has 0 aromatic carbocycles. The van der Waals surface area contributed by atoms with E-state index in [0.717, 1.165) is 44.7 Å². The number of likely N-dealkylation sites (tertiary alicyclic amines) is 1. The molecule has 1 aliphatic rings. The number of nitrogens with zero attached hydrogens (tertiary/aromatic N) is 2. The third-order valence-corrected chi connectivity index (χ3v) is 3.18. The fourth-order valence-corrected chi connectivity index (χ4v) is 2.11. The van der Waals surface area contributed by atoms with Crippen molar-refractivity contribution in [2.24, 2.45) is 0 Å². The predicted octanol–water partition coefficient (Wildman–Crippen LogP) is 2.26. The number of hydrogen-bond donors (Lipinski definition) is 1. The minimum atomic E-state index is -0.645. The molecule has 0 amide bonds. The number of nitrogens with one attached hydrogen (secondary N) is 1. The summed E-state index contributed by atoms with van der Waals surface area (Å²) in [5.41, 5.74) is 0.